The SMILES string of the molecule is CCN(CCC#N)c1ccc(F)cc1[C@@H](C)O. The Kier molecular flexibility index (Phi) is 4.92. The van der Waals surface area contributed by atoms with Gasteiger partial charge in [-0.1, -0.05) is 0 Å². The van der Waals surface area contributed by atoms with E-state index in [1.807, 2.05) is 11.8 Å². The van der Waals surface area contributed by atoms with E-state index in [9.17, 15) is 9.50 Å². The van der Waals surface area contributed by atoms with Crippen molar-refractivity contribution < 1.29 is 9.50 Å². The van der Waals surface area contributed by atoms with E-state index in [2.05, 4.69) is 6.07 Å². The zero-order chi connectivity index (χ0) is 12.8. The van der Waals surface area contributed by atoms with Crippen LogP contribution >= 0.6 is 0 Å². The van der Waals surface area contributed by atoms with Crippen molar-refractivity contribution in [2.75, 3.05) is 18.0 Å². The van der Waals surface area contributed by atoms with Crippen LogP contribution in [0.25, 0.3) is 0 Å². The van der Waals surface area contributed by atoms with Crippen molar-refractivity contribution in [2.45, 2.75) is 26.4 Å². The maximum absolute atomic E-state index is 13.1. The standard InChI is InChI=1S/C13H17FN2O/c1-3-16(8-4-7-15)13-6-5-11(14)9-12(13)10(2)17/h5-6,9-10,17H,3-4,8H2,1-2H3/t10-/m1/s1. The fourth-order valence-electron chi connectivity index (χ4n) is 1.78. The summed E-state index contributed by atoms with van der Waals surface area (Å²) in [5.74, 6) is -0.360. The Labute approximate surface area is 101 Å². The summed E-state index contributed by atoms with van der Waals surface area (Å²) in [6.07, 6.45) is -0.318. The highest BCUT2D eigenvalue weighted by Crippen LogP contribution is 2.27. The number of aliphatic hydroxyl groups is 1. The summed E-state index contributed by atoms with van der Waals surface area (Å²) in [5, 5.41) is 18.2. The molecule has 1 aromatic carbocycles. The molecule has 0 aliphatic carbocycles. The lowest BCUT2D eigenvalue weighted by Crippen LogP contribution is -2.25. The van der Waals surface area contributed by atoms with Gasteiger partial charge in [0.15, 0.2) is 0 Å². The molecule has 1 N–H and O–H groups in total. The molecule has 0 aromatic heterocycles. The molecule has 0 spiro atoms. The zero-order valence-corrected chi connectivity index (χ0v) is 10.2. The van der Waals surface area contributed by atoms with Gasteiger partial charge in [0.1, 0.15) is 5.82 Å². The highest BCUT2D eigenvalue weighted by molar-refractivity contribution is 5.54. The summed E-state index contributed by atoms with van der Waals surface area (Å²) in [6.45, 7) is 4.87. The first-order valence-electron chi connectivity index (χ1n) is 5.69. The first kappa shape index (κ1) is 13.5. The van der Waals surface area contributed by atoms with Crippen molar-refractivity contribution in [3.63, 3.8) is 0 Å². The molecule has 0 heterocycles. The molecule has 0 aliphatic rings. The van der Waals surface area contributed by atoms with Crippen LogP contribution in [0.4, 0.5) is 10.1 Å². The van der Waals surface area contributed by atoms with Crippen LogP contribution in [0.3, 0.4) is 0 Å². The van der Waals surface area contributed by atoms with E-state index in [4.69, 9.17) is 5.26 Å². The lowest BCUT2D eigenvalue weighted by atomic mass is 10.1. The third kappa shape index (κ3) is 3.43. The molecule has 1 rings (SSSR count). The molecule has 0 fully saturated rings. The molecule has 0 bridgehead atoms. The van der Waals surface area contributed by atoms with Crippen LogP contribution in [0, 0.1) is 17.1 Å². The lowest BCUT2D eigenvalue weighted by Gasteiger charge is -2.25. The maximum Gasteiger partial charge on any atom is 0.123 e. The van der Waals surface area contributed by atoms with Crippen LogP contribution < -0.4 is 4.90 Å². The predicted molar refractivity (Wildman–Crippen MR) is 65.2 cm³/mol. The molecule has 0 amide bonds. The number of benzene rings is 1. The van der Waals surface area contributed by atoms with Crippen molar-refractivity contribution >= 4 is 5.69 Å². The molecule has 0 saturated carbocycles. The van der Waals surface area contributed by atoms with E-state index in [0.717, 1.165) is 5.69 Å². The number of hydrogen-bond acceptors (Lipinski definition) is 3. The Hall–Kier alpha value is -1.60. The van der Waals surface area contributed by atoms with Crippen LogP contribution in [0.1, 0.15) is 31.9 Å². The normalized spacial score (nSPS) is 11.9. The molecular weight excluding hydrogens is 219 g/mol. The first-order chi connectivity index (χ1) is 8.10. The summed E-state index contributed by atoms with van der Waals surface area (Å²) in [7, 11) is 0. The van der Waals surface area contributed by atoms with Gasteiger partial charge in [0.2, 0.25) is 0 Å². The average Bonchev–Trinajstić information content (AvgIpc) is 2.31. The van der Waals surface area contributed by atoms with E-state index >= 15 is 0 Å². The predicted octanol–water partition coefficient (Wildman–Crippen LogP) is 2.62. The molecule has 0 radical (unpaired) electrons. The van der Waals surface area contributed by atoms with Crippen LogP contribution in [-0.4, -0.2) is 18.2 Å². The minimum absolute atomic E-state index is 0.360. The fourth-order valence-corrected chi connectivity index (χ4v) is 1.78. The highest BCUT2D eigenvalue weighted by Gasteiger charge is 2.14. The van der Waals surface area contributed by atoms with Crippen molar-refractivity contribution in [2.24, 2.45) is 0 Å². The number of aliphatic hydroxyl groups excluding tert-OH is 1. The second-order valence-electron chi connectivity index (χ2n) is 3.87. The topological polar surface area (TPSA) is 47.3 Å². The summed E-state index contributed by atoms with van der Waals surface area (Å²) in [5.41, 5.74) is 1.35. The molecular formula is C13H17FN2O. The van der Waals surface area contributed by atoms with Gasteiger partial charge in [-0.05, 0) is 32.0 Å². The summed E-state index contributed by atoms with van der Waals surface area (Å²) in [4.78, 5) is 1.96. The van der Waals surface area contributed by atoms with Gasteiger partial charge in [0.05, 0.1) is 18.6 Å². The van der Waals surface area contributed by atoms with Crippen molar-refractivity contribution in [1.82, 2.24) is 0 Å². The van der Waals surface area contributed by atoms with Gasteiger partial charge < -0.3 is 10.0 Å². The number of halogens is 1. The summed E-state index contributed by atoms with van der Waals surface area (Å²) >= 11 is 0. The summed E-state index contributed by atoms with van der Waals surface area (Å²) in [6, 6.07) is 6.45. The van der Waals surface area contributed by atoms with E-state index in [1.165, 1.54) is 12.1 Å². The van der Waals surface area contributed by atoms with Gasteiger partial charge in [-0.15, -0.1) is 0 Å². The largest absolute Gasteiger partial charge is 0.389 e. The number of rotatable bonds is 5. The van der Waals surface area contributed by atoms with Crippen LogP contribution in [0.2, 0.25) is 0 Å². The quantitative estimate of drug-likeness (QED) is 0.854. The zero-order valence-electron chi connectivity index (χ0n) is 10.2. The van der Waals surface area contributed by atoms with Gasteiger partial charge >= 0.3 is 0 Å². The second kappa shape index (κ2) is 6.21. The number of nitriles is 1. The van der Waals surface area contributed by atoms with Crippen molar-refractivity contribution in [1.29, 1.82) is 5.26 Å². The van der Waals surface area contributed by atoms with Crippen LogP contribution in [0.15, 0.2) is 18.2 Å². The van der Waals surface area contributed by atoms with Crippen molar-refractivity contribution in [3.8, 4) is 6.07 Å². The number of hydrogen-bond donors (Lipinski definition) is 1. The Morgan fingerprint density at radius 3 is 2.76 bits per heavy atom. The average molecular weight is 236 g/mol. The molecule has 0 saturated heterocycles. The Balaban J connectivity index is 3.05. The molecule has 92 valence electrons. The maximum atomic E-state index is 13.1. The van der Waals surface area contributed by atoms with E-state index in [1.54, 1.807) is 13.0 Å². The van der Waals surface area contributed by atoms with Gasteiger partial charge in [0, 0.05) is 24.3 Å². The van der Waals surface area contributed by atoms with Gasteiger partial charge in [0.25, 0.3) is 0 Å². The van der Waals surface area contributed by atoms with Crippen LogP contribution in [-0.2, 0) is 0 Å². The van der Waals surface area contributed by atoms with Crippen molar-refractivity contribution in [3.05, 3.63) is 29.6 Å². The molecule has 0 unspecified atom stereocenters. The lowest BCUT2D eigenvalue weighted by molar-refractivity contribution is 0.199. The van der Waals surface area contributed by atoms with E-state index in [0.29, 0.717) is 25.1 Å². The van der Waals surface area contributed by atoms with Crippen LogP contribution in [0.5, 0.6) is 0 Å². The molecule has 0 aliphatic heterocycles. The minimum atomic E-state index is -0.725. The fraction of sp³-hybridized carbons (Fsp3) is 0.462. The number of anilines is 1. The van der Waals surface area contributed by atoms with E-state index in [-0.39, 0.29) is 5.82 Å². The third-order valence-electron chi connectivity index (χ3n) is 2.66. The highest BCUT2D eigenvalue weighted by atomic mass is 19.1. The molecule has 1 aromatic rings. The van der Waals surface area contributed by atoms with Gasteiger partial charge in [-0.2, -0.15) is 5.26 Å². The van der Waals surface area contributed by atoms with E-state index < -0.39 is 6.10 Å². The smallest absolute Gasteiger partial charge is 0.123 e. The molecule has 4 heteroatoms. The van der Waals surface area contributed by atoms with Gasteiger partial charge in [-0.3, -0.25) is 0 Å². The monoisotopic (exact) mass is 236 g/mol. The van der Waals surface area contributed by atoms with Gasteiger partial charge in [-0.25, -0.2) is 4.39 Å². The Morgan fingerprint density at radius 1 is 1.53 bits per heavy atom. The number of nitrogens with zero attached hydrogens (tertiary/aromatic N) is 2. The molecule has 17 heavy (non-hydrogen) atoms. The minimum Gasteiger partial charge on any atom is -0.389 e. The molecule has 3 nitrogen and oxygen atoms in total. The Morgan fingerprint density at radius 2 is 2.24 bits per heavy atom. The third-order valence-corrected chi connectivity index (χ3v) is 2.66. The first-order valence-corrected chi connectivity index (χ1v) is 5.69. The summed E-state index contributed by atoms with van der Waals surface area (Å²) < 4.78 is 13.1. The second-order valence-corrected chi connectivity index (χ2v) is 3.87. The molecule has 1 atom stereocenters. The Bertz CT molecular complexity index is 412.